The Kier molecular flexibility index (Phi) is 8.09. The van der Waals surface area contributed by atoms with Gasteiger partial charge in [-0.05, 0) is 0 Å². The van der Waals surface area contributed by atoms with E-state index in [0.717, 1.165) is 49.0 Å². The zero-order chi connectivity index (χ0) is 10.3. The minimum Gasteiger partial charge on any atom is -0.254 e. The molecule has 0 aromatic heterocycles. The van der Waals surface area contributed by atoms with Crippen molar-refractivity contribution in [3.05, 3.63) is 36.4 Å². The summed E-state index contributed by atoms with van der Waals surface area (Å²) >= 11 is 0.812. The van der Waals surface area contributed by atoms with Crippen LogP contribution in [-0.2, 0) is 0 Å². The van der Waals surface area contributed by atoms with Crippen molar-refractivity contribution in [3.63, 3.8) is 0 Å². The Labute approximate surface area is 110 Å². The van der Waals surface area contributed by atoms with E-state index in [2.05, 4.69) is 30.8 Å². The SMILES string of the molecule is C=Cc1cc[c]([K])cc1.FB(F)F. The number of benzene rings is 1. The van der Waals surface area contributed by atoms with Gasteiger partial charge in [-0.3, -0.25) is 12.9 Å². The van der Waals surface area contributed by atoms with Gasteiger partial charge in [-0.15, -0.1) is 0 Å². The maximum Gasteiger partial charge on any atom is 0.762 e. The first-order valence-corrected chi connectivity index (χ1v) is 5.23. The van der Waals surface area contributed by atoms with E-state index in [9.17, 15) is 12.9 Å². The predicted molar refractivity (Wildman–Crippen MR) is 51.0 cm³/mol. The fourth-order valence-corrected chi connectivity index (χ4v) is 1.22. The molecule has 0 aliphatic rings. The molecule has 0 aliphatic heterocycles. The van der Waals surface area contributed by atoms with E-state index in [0.29, 0.717) is 0 Å². The molecule has 1 aromatic carbocycles. The number of hydrogen-bond acceptors (Lipinski definition) is 0. The van der Waals surface area contributed by atoms with Crippen molar-refractivity contribution >= 4 is 62.2 Å². The molecule has 64 valence electrons. The maximum absolute atomic E-state index is 9.67. The molecule has 0 N–H and O–H groups in total. The van der Waals surface area contributed by atoms with Crippen molar-refractivity contribution in [3.8, 4) is 0 Å². The van der Waals surface area contributed by atoms with Crippen LogP contribution in [0.4, 0.5) is 12.9 Å². The van der Waals surface area contributed by atoms with Crippen molar-refractivity contribution in [2.45, 2.75) is 0 Å². The van der Waals surface area contributed by atoms with Gasteiger partial charge in [-0.25, -0.2) is 0 Å². The van der Waals surface area contributed by atoms with Gasteiger partial charge in [0.1, 0.15) is 0 Å². The van der Waals surface area contributed by atoms with Gasteiger partial charge in [0, 0.05) is 0 Å². The van der Waals surface area contributed by atoms with Gasteiger partial charge >= 0.3 is 98.6 Å². The minimum atomic E-state index is -3.67. The van der Waals surface area contributed by atoms with Gasteiger partial charge in [0.2, 0.25) is 0 Å². The van der Waals surface area contributed by atoms with Crippen LogP contribution in [0.15, 0.2) is 30.8 Å². The van der Waals surface area contributed by atoms with Crippen molar-refractivity contribution < 1.29 is 12.9 Å². The van der Waals surface area contributed by atoms with Crippen LogP contribution in [0, 0.1) is 0 Å². The number of hydrogen-bond donors (Lipinski definition) is 0. The summed E-state index contributed by atoms with van der Waals surface area (Å²) < 4.78 is 30.5. The van der Waals surface area contributed by atoms with Gasteiger partial charge in [0.05, 0.1) is 0 Å². The second-order valence-electron chi connectivity index (χ2n) is 2.36. The molecule has 0 unspecified atom stereocenters. The molecule has 5 heteroatoms. The van der Waals surface area contributed by atoms with Crippen molar-refractivity contribution in [1.29, 1.82) is 0 Å². The second kappa shape index (κ2) is 7.82. The molecule has 0 amide bonds. The molecule has 1 rings (SSSR count). The number of rotatable bonds is 1. The quantitative estimate of drug-likeness (QED) is 0.622. The average Bonchev–Trinajstić information content (AvgIpc) is 2.05. The third kappa shape index (κ3) is 8.77. The van der Waals surface area contributed by atoms with Gasteiger partial charge in [-0.2, -0.15) is 0 Å². The Balaban J connectivity index is 0.000000310. The first-order valence-electron chi connectivity index (χ1n) is 3.67. The summed E-state index contributed by atoms with van der Waals surface area (Å²) in [5.41, 5.74) is 1.21. The predicted octanol–water partition coefficient (Wildman–Crippen LogP) is 2.00. The van der Waals surface area contributed by atoms with Crippen LogP contribution in [0.1, 0.15) is 5.56 Å². The Morgan fingerprint density at radius 2 is 1.54 bits per heavy atom. The van der Waals surface area contributed by atoms with Gasteiger partial charge in [0.25, 0.3) is 0 Å². The van der Waals surface area contributed by atoms with Crippen molar-refractivity contribution in [2.75, 3.05) is 0 Å². The topological polar surface area (TPSA) is 0 Å². The molecular weight excluding hydrogens is 203 g/mol. The molecule has 0 radical (unpaired) electrons. The van der Waals surface area contributed by atoms with E-state index in [1.807, 2.05) is 6.08 Å². The minimum absolute atomic E-state index is 0.812. The third-order valence-corrected chi connectivity index (χ3v) is 2.35. The molecule has 0 nitrogen and oxygen atoms in total. The molecule has 0 saturated carbocycles. The largest absolute Gasteiger partial charge is 0.762 e. The van der Waals surface area contributed by atoms with E-state index in [1.54, 1.807) is 0 Å². The molecule has 1 aromatic rings. The average molecular weight is 210 g/mol. The molecule has 0 spiro atoms. The summed E-state index contributed by atoms with van der Waals surface area (Å²) in [6.07, 6.45) is 1.87. The number of halogens is 3. The fraction of sp³-hybridized carbons (Fsp3) is 0. The zero-order valence-electron chi connectivity index (χ0n) is 7.31. The van der Waals surface area contributed by atoms with E-state index in [1.165, 1.54) is 5.22 Å². The molecule has 0 bridgehead atoms. The normalized spacial score (nSPS) is 8.38. The zero-order valence-corrected chi connectivity index (χ0v) is 10.4. The standard InChI is InChI=1S/C8H7.BF3.K/c1-2-8-6-4-3-5-7-8;2-1(3)4;/h2,4-7H,1H2;;. The first-order chi connectivity index (χ1) is 6.06. The monoisotopic (exact) mass is 210 g/mol. The molecule has 0 fully saturated rings. The van der Waals surface area contributed by atoms with Crippen LogP contribution in [0.25, 0.3) is 6.08 Å². The van der Waals surface area contributed by atoms with Crippen LogP contribution in [0.5, 0.6) is 0 Å². The van der Waals surface area contributed by atoms with Crippen LogP contribution >= 0.6 is 0 Å². The van der Waals surface area contributed by atoms with Crippen LogP contribution in [0.3, 0.4) is 0 Å². The summed E-state index contributed by atoms with van der Waals surface area (Å²) in [7, 11) is -3.67. The van der Waals surface area contributed by atoms with Gasteiger partial charge < -0.3 is 0 Å². The Morgan fingerprint density at radius 1 is 1.15 bits per heavy atom. The summed E-state index contributed by atoms with van der Waals surface area (Å²) in [4.78, 5) is 0. The Bertz CT molecular complexity index is 245. The third-order valence-electron chi connectivity index (χ3n) is 1.31. The molecule has 0 heterocycles. The Hall–Kier alpha value is 0.451. The van der Waals surface area contributed by atoms with Crippen molar-refractivity contribution in [2.24, 2.45) is 0 Å². The van der Waals surface area contributed by atoms with Crippen LogP contribution in [-0.4, -0.2) is 56.5 Å². The van der Waals surface area contributed by atoms with Gasteiger partial charge in [-0.1, -0.05) is 0 Å². The molecule has 0 atom stereocenters. The molecule has 0 saturated heterocycles. The molecular formula is C8H7BF3K. The smallest absolute Gasteiger partial charge is 0.254 e. The summed E-state index contributed by atoms with van der Waals surface area (Å²) in [5.74, 6) is 0. The summed E-state index contributed by atoms with van der Waals surface area (Å²) in [5, 5.41) is 0. The van der Waals surface area contributed by atoms with E-state index >= 15 is 0 Å². The van der Waals surface area contributed by atoms with Crippen LogP contribution < -0.4 is -0.342 Å². The van der Waals surface area contributed by atoms with Crippen molar-refractivity contribution in [1.82, 2.24) is 0 Å². The van der Waals surface area contributed by atoms with Crippen LogP contribution in [0.2, 0.25) is 0 Å². The van der Waals surface area contributed by atoms with E-state index in [-0.39, 0.29) is 0 Å². The molecule has 13 heavy (non-hydrogen) atoms. The van der Waals surface area contributed by atoms with E-state index < -0.39 is 7.54 Å². The van der Waals surface area contributed by atoms with Gasteiger partial charge in [0.15, 0.2) is 0 Å². The summed E-state index contributed by atoms with van der Waals surface area (Å²) in [6.45, 7) is 3.68. The Morgan fingerprint density at radius 3 is 1.85 bits per heavy atom. The fourth-order valence-electron chi connectivity index (χ4n) is 0.703. The maximum atomic E-state index is 9.67. The first kappa shape index (κ1) is 13.5. The second-order valence-corrected chi connectivity index (χ2v) is 4.17. The molecule has 0 aliphatic carbocycles. The van der Waals surface area contributed by atoms with E-state index in [4.69, 9.17) is 0 Å². The summed E-state index contributed by atoms with van der Waals surface area (Å²) in [6, 6.07) is 8.54.